The van der Waals surface area contributed by atoms with Gasteiger partial charge in [0.1, 0.15) is 0 Å². The summed E-state index contributed by atoms with van der Waals surface area (Å²) in [5.74, 6) is 0.176. The summed E-state index contributed by atoms with van der Waals surface area (Å²) in [6.45, 7) is 0.664. The number of nitrogens with one attached hydrogen (secondary N) is 1. The van der Waals surface area contributed by atoms with Gasteiger partial charge in [-0.3, -0.25) is 4.79 Å². The lowest BCUT2D eigenvalue weighted by Crippen LogP contribution is -2.29. The van der Waals surface area contributed by atoms with Crippen molar-refractivity contribution in [2.75, 3.05) is 13.2 Å². The second kappa shape index (κ2) is 8.93. The predicted molar refractivity (Wildman–Crippen MR) is 91.5 cm³/mol. The molecular weight excluding hydrogens is 318 g/mol. The molecule has 0 radical (unpaired) electrons. The van der Waals surface area contributed by atoms with E-state index in [0.717, 1.165) is 15.5 Å². The fraction of sp³-hybridized carbons (Fsp3) is 0.353. The number of thiophene rings is 1. The third kappa shape index (κ3) is 5.44. The number of carbonyl (C=O) groups excluding carboxylic acids is 1. The molecule has 2 N–H and O–H groups in total. The Morgan fingerprint density at radius 2 is 2.09 bits per heavy atom. The minimum atomic E-state index is 0.0309. The Morgan fingerprint density at radius 1 is 1.32 bits per heavy atom. The highest BCUT2D eigenvalue weighted by atomic mass is 35.5. The maximum atomic E-state index is 12.0. The van der Waals surface area contributed by atoms with Gasteiger partial charge in [0, 0.05) is 35.7 Å². The Kier molecular flexibility index (Phi) is 6.90. The molecule has 1 heterocycles. The fourth-order valence-electron chi connectivity index (χ4n) is 2.31. The number of aliphatic hydroxyl groups excluding tert-OH is 1. The van der Waals surface area contributed by atoms with Gasteiger partial charge < -0.3 is 10.4 Å². The lowest BCUT2D eigenvalue weighted by molar-refractivity contribution is -0.121. The van der Waals surface area contributed by atoms with Crippen LogP contribution in [0.1, 0.15) is 29.2 Å². The van der Waals surface area contributed by atoms with E-state index in [1.807, 2.05) is 41.8 Å². The molecule has 0 fully saturated rings. The minimum Gasteiger partial charge on any atom is -0.396 e. The molecule has 5 heteroatoms. The van der Waals surface area contributed by atoms with Crippen molar-refractivity contribution in [3.8, 4) is 0 Å². The van der Waals surface area contributed by atoms with Crippen LogP contribution in [0.25, 0.3) is 0 Å². The molecule has 0 saturated carbocycles. The van der Waals surface area contributed by atoms with Gasteiger partial charge in [0.25, 0.3) is 0 Å². The molecule has 2 rings (SSSR count). The maximum Gasteiger partial charge on any atom is 0.220 e. The number of aliphatic hydroxyl groups is 1. The standard InChI is InChI=1S/C17H20ClNO2S/c18-15-10-16(22-12-15)6-7-17(21)19-11-14(8-9-20)13-4-2-1-3-5-13/h1-5,10,12,14,20H,6-9,11H2,(H,19,21). The lowest BCUT2D eigenvalue weighted by Gasteiger charge is -2.17. The quantitative estimate of drug-likeness (QED) is 0.773. The van der Waals surface area contributed by atoms with Crippen LogP contribution in [0.3, 0.4) is 0 Å². The minimum absolute atomic E-state index is 0.0309. The summed E-state index contributed by atoms with van der Waals surface area (Å²) in [5, 5.41) is 14.8. The third-order valence-electron chi connectivity index (χ3n) is 3.51. The van der Waals surface area contributed by atoms with Crippen LogP contribution in [-0.2, 0) is 11.2 Å². The number of hydrogen-bond acceptors (Lipinski definition) is 3. The summed E-state index contributed by atoms with van der Waals surface area (Å²) in [6, 6.07) is 11.9. The van der Waals surface area contributed by atoms with Gasteiger partial charge in [0.15, 0.2) is 0 Å². The second-order valence-corrected chi connectivity index (χ2v) is 6.59. The van der Waals surface area contributed by atoms with E-state index < -0.39 is 0 Å². The molecule has 0 spiro atoms. The number of aryl methyl sites for hydroxylation is 1. The molecule has 0 bridgehead atoms. The first-order valence-corrected chi connectivity index (χ1v) is 8.60. The van der Waals surface area contributed by atoms with Crippen LogP contribution >= 0.6 is 22.9 Å². The molecule has 1 aromatic heterocycles. The molecule has 22 heavy (non-hydrogen) atoms. The van der Waals surface area contributed by atoms with Gasteiger partial charge >= 0.3 is 0 Å². The molecule has 3 nitrogen and oxygen atoms in total. The Labute approximate surface area is 139 Å². The second-order valence-electron chi connectivity index (χ2n) is 5.16. The van der Waals surface area contributed by atoms with E-state index >= 15 is 0 Å². The van der Waals surface area contributed by atoms with E-state index in [1.165, 1.54) is 0 Å². The average Bonchev–Trinajstić information content (AvgIpc) is 2.96. The molecule has 1 atom stereocenters. The zero-order chi connectivity index (χ0) is 15.8. The third-order valence-corrected chi connectivity index (χ3v) is 4.86. The first-order valence-electron chi connectivity index (χ1n) is 7.34. The number of rotatable bonds is 8. The highest BCUT2D eigenvalue weighted by Crippen LogP contribution is 2.21. The fourth-order valence-corrected chi connectivity index (χ4v) is 3.39. The van der Waals surface area contributed by atoms with Crippen molar-refractivity contribution in [3.63, 3.8) is 0 Å². The summed E-state index contributed by atoms with van der Waals surface area (Å²) in [6.07, 6.45) is 1.81. The van der Waals surface area contributed by atoms with Crippen LogP contribution in [0.5, 0.6) is 0 Å². The maximum absolute atomic E-state index is 12.0. The molecule has 1 unspecified atom stereocenters. The highest BCUT2D eigenvalue weighted by molar-refractivity contribution is 7.10. The number of amides is 1. The van der Waals surface area contributed by atoms with Crippen molar-refractivity contribution in [2.24, 2.45) is 0 Å². The zero-order valence-electron chi connectivity index (χ0n) is 12.3. The van der Waals surface area contributed by atoms with Crippen molar-refractivity contribution in [1.29, 1.82) is 0 Å². The summed E-state index contributed by atoms with van der Waals surface area (Å²) < 4.78 is 0. The lowest BCUT2D eigenvalue weighted by atomic mass is 9.96. The van der Waals surface area contributed by atoms with Crippen LogP contribution in [0.4, 0.5) is 0 Å². The van der Waals surface area contributed by atoms with E-state index in [-0.39, 0.29) is 18.4 Å². The smallest absolute Gasteiger partial charge is 0.220 e. The van der Waals surface area contributed by atoms with Crippen LogP contribution < -0.4 is 5.32 Å². The van der Waals surface area contributed by atoms with Crippen molar-refractivity contribution in [2.45, 2.75) is 25.2 Å². The summed E-state index contributed by atoms with van der Waals surface area (Å²) in [4.78, 5) is 13.1. The molecule has 1 aromatic carbocycles. The SMILES string of the molecule is O=C(CCc1cc(Cl)cs1)NCC(CCO)c1ccccc1. The van der Waals surface area contributed by atoms with Crippen LogP contribution in [-0.4, -0.2) is 24.2 Å². The van der Waals surface area contributed by atoms with E-state index in [9.17, 15) is 9.90 Å². The van der Waals surface area contributed by atoms with Crippen LogP contribution in [0.15, 0.2) is 41.8 Å². The van der Waals surface area contributed by atoms with Gasteiger partial charge in [0.05, 0.1) is 5.02 Å². The summed E-state index contributed by atoms with van der Waals surface area (Å²) in [5.41, 5.74) is 1.14. The van der Waals surface area contributed by atoms with Gasteiger partial charge in [-0.15, -0.1) is 11.3 Å². The van der Waals surface area contributed by atoms with E-state index in [1.54, 1.807) is 11.3 Å². The van der Waals surface area contributed by atoms with Gasteiger partial charge in [-0.05, 0) is 24.5 Å². The van der Waals surface area contributed by atoms with Gasteiger partial charge in [0.2, 0.25) is 5.91 Å². The topological polar surface area (TPSA) is 49.3 Å². The largest absolute Gasteiger partial charge is 0.396 e. The van der Waals surface area contributed by atoms with Crippen molar-refractivity contribution >= 4 is 28.8 Å². The first-order chi connectivity index (χ1) is 10.7. The first kappa shape index (κ1) is 17.0. The molecule has 1 amide bonds. The Hall–Kier alpha value is -1.36. The molecular formula is C17H20ClNO2S. The van der Waals surface area contributed by atoms with Crippen LogP contribution in [0, 0.1) is 0 Å². The predicted octanol–water partition coefficient (Wildman–Crippen LogP) is 3.62. The average molecular weight is 338 g/mol. The Bertz CT molecular complexity index is 585. The van der Waals surface area contributed by atoms with Crippen LogP contribution in [0.2, 0.25) is 5.02 Å². The molecule has 0 aliphatic rings. The molecule has 2 aromatic rings. The molecule has 0 aliphatic heterocycles. The van der Waals surface area contributed by atoms with Gasteiger partial charge in [-0.2, -0.15) is 0 Å². The highest BCUT2D eigenvalue weighted by Gasteiger charge is 2.12. The number of benzene rings is 1. The summed E-state index contributed by atoms with van der Waals surface area (Å²) >= 11 is 7.44. The normalized spacial score (nSPS) is 12.1. The van der Waals surface area contributed by atoms with Crippen molar-refractivity contribution in [1.82, 2.24) is 5.32 Å². The number of halogens is 1. The van der Waals surface area contributed by atoms with E-state index in [2.05, 4.69) is 5.32 Å². The molecule has 0 saturated heterocycles. The zero-order valence-corrected chi connectivity index (χ0v) is 13.9. The van der Waals surface area contributed by atoms with Gasteiger partial charge in [-0.1, -0.05) is 41.9 Å². The van der Waals surface area contributed by atoms with Crippen molar-refractivity contribution < 1.29 is 9.90 Å². The Morgan fingerprint density at radius 3 is 2.73 bits per heavy atom. The molecule has 0 aliphatic carbocycles. The molecule has 118 valence electrons. The Balaban J connectivity index is 1.80. The van der Waals surface area contributed by atoms with E-state index in [4.69, 9.17) is 11.6 Å². The number of carbonyl (C=O) groups is 1. The number of hydrogen-bond donors (Lipinski definition) is 2. The van der Waals surface area contributed by atoms with Crippen molar-refractivity contribution in [3.05, 3.63) is 57.2 Å². The van der Waals surface area contributed by atoms with Gasteiger partial charge in [-0.25, -0.2) is 0 Å². The van der Waals surface area contributed by atoms with E-state index in [0.29, 0.717) is 25.8 Å². The summed E-state index contributed by atoms with van der Waals surface area (Å²) in [7, 11) is 0. The monoisotopic (exact) mass is 337 g/mol.